The summed E-state index contributed by atoms with van der Waals surface area (Å²) in [6, 6.07) is 22.5. The largest absolute Gasteiger partial charge is 0.368 e. The number of hydrogen-bond acceptors (Lipinski definition) is 7. The zero-order chi connectivity index (χ0) is 28.9. The number of piperazine rings is 1. The lowest BCUT2D eigenvalue weighted by Crippen LogP contribution is -2.48. The van der Waals surface area contributed by atoms with Crippen LogP contribution in [0.1, 0.15) is 35.6 Å². The third-order valence-electron chi connectivity index (χ3n) is 7.61. The Balaban J connectivity index is 1.50. The standard InChI is InChI=1S/C32H33N5O2S2/c1-3-15-36-29(35-19-17-34(18-20-35)25-12-8-5-9-13-25)26(23(2)27(22-33)30(36)38)21-28-31(39)37(32(40)41-28)16-14-24-10-6-4-7-11-24/h4-13,21H,3,14-20H2,1-2H3. The Morgan fingerprint density at radius 2 is 1.59 bits per heavy atom. The molecular formula is C32H33N5O2S2. The van der Waals surface area contributed by atoms with Gasteiger partial charge in [0.1, 0.15) is 21.8 Å². The highest BCUT2D eigenvalue weighted by Gasteiger charge is 2.33. The Labute approximate surface area is 250 Å². The number of para-hydroxylation sites is 1. The third-order valence-corrected chi connectivity index (χ3v) is 8.99. The molecule has 0 atom stereocenters. The lowest BCUT2D eigenvalue weighted by atomic mass is 10.0. The van der Waals surface area contributed by atoms with Gasteiger partial charge in [-0.1, -0.05) is 79.4 Å². The summed E-state index contributed by atoms with van der Waals surface area (Å²) < 4.78 is 2.25. The van der Waals surface area contributed by atoms with Gasteiger partial charge in [0.25, 0.3) is 11.5 Å². The van der Waals surface area contributed by atoms with Gasteiger partial charge in [-0.2, -0.15) is 5.26 Å². The molecule has 2 aliphatic heterocycles. The van der Waals surface area contributed by atoms with Gasteiger partial charge in [0.2, 0.25) is 0 Å². The summed E-state index contributed by atoms with van der Waals surface area (Å²) in [5.74, 6) is 0.637. The van der Waals surface area contributed by atoms with E-state index >= 15 is 0 Å². The Bertz CT molecular complexity index is 1570. The van der Waals surface area contributed by atoms with Crippen LogP contribution >= 0.6 is 24.0 Å². The zero-order valence-electron chi connectivity index (χ0n) is 23.4. The predicted octanol–water partition coefficient (Wildman–Crippen LogP) is 5.21. The van der Waals surface area contributed by atoms with Crippen LogP contribution in [0.5, 0.6) is 0 Å². The van der Waals surface area contributed by atoms with E-state index in [9.17, 15) is 14.9 Å². The highest BCUT2D eigenvalue weighted by molar-refractivity contribution is 8.26. The maximum atomic E-state index is 13.6. The van der Waals surface area contributed by atoms with Crippen LogP contribution in [0, 0.1) is 18.3 Å². The van der Waals surface area contributed by atoms with Gasteiger partial charge >= 0.3 is 0 Å². The van der Waals surface area contributed by atoms with Gasteiger partial charge in [-0.15, -0.1) is 0 Å². The van der Waals surface area contributed by atoms with Crippen LogP contribution in [0.3, 0.4) is 0 Å². The topological polar surface area (TPSA) is 72.6 Å². The lowest BCUT2D eigenvalue weighted by molar-refractivity contribution is -0.122. The molecule has 1 aromatic heterocycles. The molecular weight excluding hydrogens is 551 g/mol. The highest BCUT2D eigenvalue weighted by Crippen LogP contribution is 2.36. The molecule has 0 radical (unpaired) electrons. The minimum absolute atomic E-state index is 0.121. The first kappa shape index (κ1) is 28.7. The Morgan fingerprint density at radius 1 is 0.951 bits per heavy atom. The van der Waals surface area contributed by atoms with Crippen molar-refractivity contribution in [3.63, 3.8) is 0 Å². The van der Waals surface area contributed by atoms with E-state index in [1.165, 1.54) is 17.4 Å². The van der Waals surface area contributed by atoms with Crippen molar-refractivity contribution >= 4 is 51.8 Å². The fourth-order valence-electron chi connectivity index (χ4n) is 5.44. The number of aromatic nitrogens is 1. The quantitative estimate of drug-likeness (QED) is 0.266. The maximum Gasteiger partial charge on any atom is 0.270 e. The fraction of sp³-hybridized carbons (Fsp3) is 0.312. The van der Waals surface area contributed by atoms with Gasteiger partial charge in [0.05, 0.1) is 4.91 Å². The third kappa shape index (κ3) is 5.95. The second-order valence-corrected chi connectivity index (χ2v) is 11.9. The lowest BCUT2D eigenvalue weighted by Gasteiger charge is -2.39. The molecule has 2 fully saturated rings. The van der Waals surface area contributed by atoms with Crippen molar-refractivity contribution in [2.24, 2.45) is 0 Å². The van der Waals surface area contributed by atoms with Crippen molar-refractivity contribution in [2.45, 2.75) is 33.2 Å². The van der Waals surface area contributed by atoms with Crippen molar-refractivity contribution in [3.05, 3.63) is 98.2 Å². The van der Waals surface area contributed by atoms with Crippen LogP contribution in [0.2, 0.25) is 0 Å². The van der Waals surface area contributed by atoms with E-state index in [4.69, 9.17) is 12.2 Å². The molecule has 7 nitrogen and oxygen atoms in total. The molecule has 2 saturated heterocycles. The molecule has 9 heteroatoms. The van der Waals surface area contributed by atoms with E-state index in [1.54, 1.807) is 9.47 Å². The number of thiocarbonyl (C=S) groups is 1. The number of nitriles is 1. The second kappa shape index (κ2) is 12.8. The normalized spacial score (nSPS) is 16.5. The molecule has 3 aromatic rings. The van der Waals surface area contributed by atoms with Crippen molar-refractivity contribution in [1.29, 1.82) is 5.26 Å². The van der Waals surface area contributed by atoms with E-state index < -0.39 is 0 Å². The molecule has 0 unspecified atom stereocenters. The van der Waals surface area contributed by atoms with Gasteiger partial charge in [0, 0.05) is 50.5 Å². The van der Waals surface area contributed by atoms with Gasteiger partial charge in [-0.3, -0.25) is 19.1 Å². The summed E-state index contributed by atoms with van der Waals surface area (Å²) in [7, 11) is 0. The van der Waals surface area contributed by atoms with Crippen LogP contribution in [0.25, 0.3) is 6.08 Å². The monoisotopic (exact) mass is 583 g/mol. The van der Waals surface area contributed by atoms with Gasteiger partial charge in [-0.05, 0) is 49.1 Å². The van der Waals surface area contributed by atoms with Crippen molar-refractivity contribution in [1.82, 2.24) is 9.47 Å². The number of nitrogens with zero attached hydrogens (tertiary/aromatic N) is 5. The van der Waals surface area contributed by atoms with E-state index in [0.29, 0.717) is 47.4 Å². The summed E-state index contributed by atoms with van der Waals surface area (Å²) in [4.78, 5) is 33.8. The van der Waals surface area contributed by atoms with Gasteiger partial charge in [-0.25, -0.2) is 0 Å². The van der Waals surface area contributed by atoms with Crippen LogP contribution < -0.4 is 15.4 Å². The second-order valence-electron chi connectivity index (χ2n) is 10.2. The summed E-state index contributed by atoms with van der Waals surface area (Å²) in [6.45, 7) is 7.83. The minimum Gasteiger partial charge on any atom is -0.368 e. The number of hydrogen-bond donors (Lipinski definition) is 0. The average molecular weight is 584 g/mol. The summed E-state index contributed by atoms with van der Waals surface area (Å²) in [5, 5.41) is 9.95. The number of benzene rings is 2. The minimum atomic E-state index is -0.278. The smallest absolute Gasteiger partial charge is 0.270 e. The molecule has 0 aliphatic carbocycles. The Morgan fingerprint density at radius 3 is 2.22 bits per heavy atom. The predicted molar refractivity (Wildman–Crippen MR) is 171 cm³/mol. The van der Waals surface area contributed by atoms with Gasteiger partial charge < -0.3 is 9.80 Å². The molecule has 1 amide bonds. The molecule has 5 rings (SSSR count). The number of amides is 1. The zero-order valence-corrected chi connectivity index (χ0v) is 25.0. The average Bonchev–Trinajstić information content (AvgIpc) is 3.27. The number of pyridine rings is 1. The van der Waals surface area contributed by atoms with Crippen molar-refractivity contribution < 1.29 is 4.79 Å². The summed E-state index contributed by atoms with van der Waals surface area (Å²) in [5.41, 5.74) is 3.50. The maximum absolute atomic E-state index is 13.6. The number of anilines is 2. The van der Waals surface area contributed by atoms with Crippen LogP contribution in [0.15, 0.2) is 70.4 Å². The summed E-state index contributed by atoms with van der Waals surface area (Å²) >= 11 is 6.90. The van der Waals surface area contributed by atoms with E-state index in [1.807, 2.05) is 68.5 Å². The van der Waals surface area contributed by atoms with E-state index in [0.717, 1.165) is 36.5 Å². The molecule has 2 aromatic carbocycles. The molecule has 210 valence electrons. The van der Waals surface area contributed by atoms with Crippen LogP contribution in [-0.2, 0) is 17.8 Å². The Kier molecular flexibility index (Phi) is 8.91. The first-order chi connectivity index (χ1) is 19.9. The fourth-order valence-corrected chi connectivity index (χ4v) is 6.73. The molecule has 3 heterocycles. The SMILES string of the molecule is CCCn1c(N2CCN(c3ccccc3)CC2)c(C=C2SC(=S)N(CCc3ccccc3)C2=O)c(C)c(C#N)c1=O. The highest BCUT2D eigenvalue weighted by atomic mass is 32.2. The van der Waals surface area contributed by atoms with E-state index in [2.05, 4.69) is 28.0 Å². The molecule has 2 aliphatic rings. The number of carbonyl (C=O) groups excluding carboxylic acids is 1. The number of rotatable bonds is 8. The first-order valence-electron chi connectivity index (χ1n) is 13.9. The number of carbonyl (C=O) groups is 1. The Hall–Kier alpha value is -3.87. The molecule has 0 bridgehead atoms. The van der Waals surface area contributed by atoms with Crippen molar-refractivity contribution in [2.75, 3.05) is 42.5 Å². The number of thioether (sulfide) groups is 1. The first-order valence-corrected chi connectivity index (χ1v) is 15.2. The molecule has 0 saturated carbocycles. The molecule has 0 spiro atoms. The summed E-state index contributed by atoms with van der Waals surface area (Å²) in [6.07, 6.45) is 3.30. The molecule has 0 N–H and O–H groups in total. The molecule has 41 heavy (non-hydrogen) atoms. The van der Waals surface area contributed by atoms with Crippen molar-refractivity contribution in [3.8, 4) is 6.07 Å². The van der Waals surface area contributed by atoms with E-state index in [-0.39, 0.29) is 17.0 Å². The van der Waals surface area contributed by atoms with Crippen LogP contribution in [0.4, 0.5) is 11.5 Å². The van der Waals surface area contributed by atoms with Gasteiger partial charge in [0.15, 0.2) is 0 Å². The van der Waals surface area contributed by atoms with Crippen LogP contribution in [-0.4, -0.2) is 52.4 Å².